The topological polar surface area (TPSA) is 99.2 Å². The molecule has 1 aliphatic carbocycles. The van der Waals surface area contributed by atoms with Gasteiger partial charge < -0.3 is 9.67 Å². The van der Waals surface area contributed by atoms with E-state index >= 15 is 0 Å². The minimum atomic E-state index is -3.63. The average molecular weight is 451 g/mol. The lowest BCUT2D eigenvalue weighted by atomic mass is 9.96. The van der Waals surface area contributed by atoms with Crippen LogP contribution in [0, 0.1) is 11.3 Å². The first-order valence-corrected chi connectivity index (χ1v) is 12.1. The fourth-order valence-corrected chi connectivity index (χ4v) is 5.73. The predicted octanol–water partition coefficient (Wildman–Crippen LogP) is 4.48. The van der Waals surface area contributed by atoms with E-state index in [-0.39, 0.29) is 22.3 Å². The van der Waals surface area contributed by atoms with Gasteiger partial charge >= 0.3 is 0 Å². The van der Waals surface area contributed by atoms with Crippen LogP contribution in [0.25, 0.3) is 22.4 Å². The summed E-state index contributed by atoms with van der Waals surface area (Å²) in [7, 11) is -0.210. The van der Waals surface area contributed by atoms with Crippen molar-refractivity contribution in [3.63, 3.8) is 0 Å². The van der Waals surface area contributed by atoms with Crippen LogP contribution >= 0.6 is 0 Å². The zero-order valence-electron chi connectivity index (χ0n) is 18.2. The normalized spacial score (nSPS) is 16.2. The number of nitriles is 1. The van der Waals surface area contributed by atoms with E-state index in [4.69, 9.17) is 0 Å². The number of aliphatic hydroxyl groups is 1. The molecule has 0 spiro atoms. The largest absolute Gasteiger partial charge is 0.506 e. The summed E-state index contributed by atoms with van der Waals surface area (Å²) >= 11 is 0. The van der Waals surface area contributed by atoms with E-state index in [1.165, 1.54) is 28.6 Å². The highest BCUT2D eigenvalue weighted by atomic mass is 32.2. The molecule has 4 rings (SSSR count). The summed E-state index contributed by atoms with van der Waals surface area (Å²) in [6.07, 6.45) is 4.99. The molecule has 166 valence electrons. The number of aliphatic hydroxyl groups excluding tert-OH is 1. The average Bonchev–Trinajstić information content (AvgIpc) is 3.16. The van der Waals surface area contributed by atoms with E-state index in [2.05, 4.69) is 4.98 Å². The van der Waals surface area contributed by atoms with E-state index in [1.807, 2.05) is 30.3 Å². The molecule has 1 fully saturated rings. The second-order valence-electron chi connectivity index (χ2n) is 8.16. The lowest BCUT2D eigenvalue weighted by Crippen LogP contribution is -2.38. The quantitative estimate of drug-likeness (QED) is 0.456. The zero-order chi connectivity index (χ0) is 22.9. The van der Waals surface area contributed by atoms with Gasteiger partial charge in [0.1, 0.15) is 17.4 Å². The molecule has 1 saturated carbocycles. The highest BCUT2D eigenvalue weighted by Crippen LogP contribution is 2.29. The minimum Gasteiger partial charge on any atom is -0.506 e. The molecule has 7 nitrogen and oxygen atoms in total. The molecule has 0 aliphatic heterocycles. The molecule has 1 aliphatic rings. The Hall–Kier alpha value is -3.15. The molecular weight excluding hydrogens is 424 g/mol. The van der Waals surface area contributed by atoms with Crippen LogP contribution in [0.5, 0.6) is 0 Å². The lowest BCUT2D eigenvalue weighted by Gasteiger charge is -2.30. The first-order chi connectivity index (χ1) is 15.3. The van der Waals surface area contributed by atoms with Crippen LogP contribution in [0.15, 0.2) is 53.4 Å². The van der Waals surface area contributed by atoms with Crippen molar-refractivity contribution in [1.82, 2.24) is 13.9 Å². The number of hydrogen-bond donors (Lipinski definition) is 1. The maximum absolute atomic E-state index is 13.1. The van der Waals surface area contributed by atoms with Crippen molar-refractivity contribution < 1.29 is 13.5 Å². The molecule has 0 unspecified atom stereocenters. The van der Waals surface area contributed by atoms with Crippen molar-refractivity contribution in [1.29, 1.82) is 5.26 Å². The van der Waals surface area contributed by atoms with E-state index in [9.17, 15) is 18.8 Å². The van der Waals surface area contributed by atoms with Crippen molar-refractivity contribution in [3.8, 4) is 6.07 Å². The van der Waals surface area contributed by atoms with Crippen LogP contribution in [0.1, 0.15) is 43.5 Å². The van der Waals surface area contributed by atoms with E-state index in [0.29, 0.717) is 11.4 Å². The second-order valence-corrected chi connectivity index (χ2v) is 10.2. The molecule has 0 atom stereocenters. The standard InChI is InChI=1S/C24H26N4O3S/c1-27-22-11-7-6-10-21(22)26-24(27)20(16-25)23(29)17-12-14-19(15-13-17)32(30,31)28(2)18-8-4-3-5-9-18/h6-7,10-15,18,29H,3-5,8-9H2,1-2H3/b23-20-. The Morgan fingerprint density at radius 1 is 1.12 bits per heavy atom. The number of allylic oxidation sites excluding steroid dienone is 1. The molecular formula is C24H26N4O3S. The molecule has 1 aromatic heterocycles. The van der Waals surface area contributed by atoms with Gasteiger partial charge in [0.05, 0.1) is 15.9 Å². The Morgan fingerprint density at radius 3 is 2.41 bits per heavy atom. The molecule has 32 heavy (non-hydrogen) atoms. The van der Waals surface area contributed by atoms with Gasteiger partial charge in [-0.05, 0) is 49.2 Å². The minimum absolute atomic E-state index is 0.0180. The number of imidazole rings is 1. The van der Waals surface area contributed by atoms with Crippen molar-refractivity contribution >= 4 is 32.4 Å². The highest BCUT2D eigenvalue weighted by Gasteiger charge is 2.29. The summed E-state index contributed by atoms with van der Waals surface area (Å²) in [5.74, 6) is 0.107. The molecule has 0 radical (unpaired) electrons. The number of hydrogen-bond acceptors (Lipinski definition) is 5. The summed E-state index contributed by atoms with van der Waals surface area (Å²) in [5.41, 5.74) is 1.94. The number of aromatic nitrogens is 2. The Labute approximate surface area is 188 Å². The van der Waals surface area contributed by atoms with Gasteiger partial charge in [0.2, 0.25) is 10.0 Å². The van der Waals surface area contributed by atoms with Crippen molar-refractivity contribution in [2.24, 2.45) is 7.05 Å². The SMILES string of the molecule is CN(C1CCCCC1)S(=O)(=O)c1ccc(/C(O)=C(\C#N)c2nc3ccccc3n2C)cc1. The first kappa shape index (κ1) is 22.1. The summed E-state index contributed by atoms with van der Waals surface area (Å²) in [4.78, 5) is 4.65. The Kier molecular flexibility index (Phi) is 6.04. The van der Waals surface area contributed by atoms with Crippen LogP contribution in [0.4, 0.5) is 0 Å². The Morgan fingerprint density at radius 2 is 1.78 bits per heavy atom. The van der Waals surface area contributed by atoms with E-state index in [0.717, 1.165) is 43.1 Å². The molecule has 2 aromatic carbocycles. The smallest absolute Gasteiger partial charge is 0.243 e. The summed E-state index contributed by atoms with van der Waals surface area (Å²) in [6, 6.07) is 15.5. The van der Waals surface area contributed by atoms with Crippen molar-refractivity contribution in [2.45, 2.75) is 43.0 Å². The molecule has 3 aromatic rings. The third kappa shape index (κ3) is 3.90. The molecule has 1 N–H and O–H groups in total. The van der Waals surface area contributed by atoms with Gasteiger partial charge in [0.25, 0.3) is 0 Å². The molecule has 1 heterocycles. The Balaban J connectivity index is 1.67. The number of sulfonamides is 1. The van der Waals surface area contributed by atoms with Gasteiger partial charge in [-0.3, -0.25) is 0 Å². The van der Waals surface area contributed by atoms with E-state index in [1.54, 1.807) is 18.7 Å². The maximum atomic E-state index is 13.1. The molecule has 0 amide bonds. The number of para-hydroxylation sites is 2. The Bertz CT molecular complexity index is 1310. The monoisotopic (exact) mass is 450 g/mol. The van der Waals surface area contributed by atoms with Crippen molar-refractivity contribution in [3.05, 3.63) is 59.9 Å². The fourth-order valence-electron chi connectivity index (χ4n) is 4.31. The molecule has 8 heteroatoms. The van der Waals surface area contributed by atoms with Gasteiger partial charge in [-0.1, -0.05) is 31.4 Å². The summed E-state index contributed by atoms with van der Waals surface area (Å²) in [5, 5.41) is 20.6. The second kappa shape index (κ2) is 8.77. The van der Waals surface area contributed by atoms with Crippen LogP contribution in [-0.4, -0.2) is 40.5 Å². The lowest BCUT2D eigenvalue weighted by molar-refractivity contribution is 0.286. The van der Waals surface area contributed by atoms with Crippen LogP contribution in [0.3, 0.4) is 0 Å². The van der Waals surface area contributed by atoms with Crippen LogP contribution in [-0.2, 0) is 17.1 Å². The fraction of sp³-hybridized carbons (Fsp3) is 0.333. The van der Waals surface area contributed by atoms with Crippen LogP contribution in [0.2, 0.25) is 0 Å². The third-order valence-electron chi connectivity index (χ3n) is 6.25. The third-order valence-corrected chi connectivity index (χ3v) is 8.18. The van der Waals surface area contributed by atoms with Gasteiger partial charge in [-0.2, -0.15) is 9.57 Å². The number of rotatable bonds is 5. The van der Waals surface area contributed by atoms with Gasteiger partial charge in [0.15, 0.2) is 5.82 Å². The highest BCUT2D eigenvalue weighted by molar-refractivity contribution is 7.89. The van der Waals surface area contributed by atoms with Gasteiger partial charge in [-0.25, -0.2) is 13.4 Å². The number of nitrogens with zero attached hydrogens (tertiary/aromatic N) is 4. The van der Waals surface area contributed by atoms with Crippen molar-refractivity contribution in [2.75, 3.05) is 7.05 Å². The maximum Gasteiger partial charge on any atom is 0.243 e. The number of aryl methyl sites for hydroxylation is 1. The number of fused-ring (bicyclic) bond motifs is 1. The van der Waals surface area contributed by atoms with E-state index < -0.39 is 10.0 Å². The predicted molar refractivity (Wildman–Crippen MR) is 124 cm³/mol. The first-order valence-electron chi connectivity index (χ1n) is 10.7. The molecule has 0 bridgehead atoms. The molecule has 0 saturated heterocycles. The summed E-state index contributed by atoms with van der Waals surface area (Å²) in [6.45, 7) is 0. The van der Waals surface area contributed by atoms with Crippen LogP contribution < -0.4 is 0 Å². The number of benzene rings is 2. The zero-order valence-corrected chi connectivity index (χ0v) is 19.0. The van der Waals surface area contributed by atoms with Gasteiger partial charge in [-0.15, -0.1) is 0 Å². The van der Waals surface area contributed by atoms with Gasteiger partial charge in [0, 0.05) is 25.7 Å². The summed E-state index contributed by atoms with van der Waals surface area (Å²) < 4.78 is 29.3.